The number of benzene rings is 3. The van der Waals surface area contributed by atoms with E-state index in [9.17, 15) is 0 Å². The summed E-state index contributed by atoms with van der Waals surface area (Å²) in [5.74, 6) is -1.97. The maximum Gasteiger partial charge on any atom is 0.181 e. The minimum Gasteiger partial charge on any atom is -0.353 e. The Kier molecular flexibility index (Phi) is 17.0. The standard InChI is InChI=1S/C40H57BrO2P/c1-6-8-31-42-40(43-32-9-7-2)30-17-15-13-11-10-12-14-16-25-36-26-22-29-39(35(36)5)44(41,37-27-20-18-23-33(37)3)38-28-21-19-24-34(38)4/h10,12,18-24,26-29,40H,6-9,11,13-17,25,30-32H2,1-5H3/q+1/b12-10+. The van der Waals surface area contributed by atoms with Crippen molar-refractivity contribution in [1.29, 1.82) is 0 Å². The number of halogens is 1. The quantitative estimate of drug-likeness (QED) is 0.0483. The maximum absolute atomic E-state index is 5.99. The first-order chi connectivity index (χ1) is 21.4. The number of allylic oxidation sites excluding steroid dienone is 2. The van der Waals surface area contributed by atoms with E-state index in [1.54, 1.807) is 0 Å². The Morgan fingerprint density at radius 3 is 1.75 bits per heavy atom. The Balaban J connectivity index is 1.52. The second-order valence-corrected chi connectivity index (χ2v) is 17.9. The van der Waals surface area contributed by atoms with Gasteiger partial charge >= 0.3 is 0 Å². The lowest BCUT2D eigenvalue weighted by molar-refractivity contribution is -0.147. The third-order valence-electron chi connectivity index (χ3n) is 8.54. The van der Waals surface area contributed by atoms with Crippen LogP contribution in [0.5, 0.6) is 0 Å². The highest BCUT2D eigenvalue weighted by atomic mass is 79.9. The minimum atomic E-state index is -1.97. The predicted octanol–water partition coefficient (Wildman–Crippen LogP) is 11.0. The molecule has 3 rings (SSSR count). The molecule has 3 aromatic rings. The number of rotatable bonds is 21. The molecule has 0 aliphatic carbocycles. The molecule has 0 aromatic heterocycles. The second kappa shape index (κ2) is 20.4. The molecule has 2 nitrogen and oxygen atoms in total. The van der Waals surface area contributed by atoms with Gasteiger partial charge in [0.05, 0.1) is 0 Å². The van der Waals surface area contributed by atoms with Gasteiger partial charge in [-0.1, -0.05) is 93.8 Å². The van der Waals surface area contributed by atoms with Crippen molar-refractivity contribution < 1.29 is 9.47 Å². The second-order valence-electron chi connectivity index (χ2n) is 12.1. The van der Waals surface area contributed by atoms with Crippen molar-refractivity contribution in [3.8, 4) is 0 Å². The fourth-order valence-corrected chi connectivity index (χ4v) is 12.7. The molecule has 0 saturated carbocycles. The van der Waals surface area contributed by atoms with Gasteiger partial charge in [0.1, 0.15) is 15.9 Å². The number of hydrogen-bond donors (Lipinski definition) is 0. The van der Waals surface area contributed by atoms with Crippen molar-refractivity contribution in [1.82, 2.24) is 0 Å². The van der Waals surface area contributed by atoms with Gasteiger partial charge in [0, 0.05) is 13.2 Å². The lowest BCUT2D eigenvalue weighted by Gasteiger charge is -2.25. The molecule has 0 unspecified atom stereocenters. The van der Waals surface area contributed by atoms with Crippen LogP contribution in [0.3, 0.4) is 0 Å². The summed E-state index contributed by atoms with van der Waals surface area (Å²) in [6.07, 6.45) is 18.6. The van der Waals surface area contributed by atoms with Gasteiger partial charge < -0.3 is 9.47 Å². The summed E-state index contributed by atoms with van der Waals surface area (Å²) in [6.45, 7) is 12.9. The van der Waals surface area contributed by atoms with E-state index in [0.717, 1.165) is 51.7 Å². The third-order valence-corrected chi connectivity index (χ3v) is 15.5. The minimum absolute atomic E-state index is 0.0177. The number of unbranched alkanes of at least 4 members (excludes halogenated alkanes) is 6. The largest absolute Gasteiger partial charge is 0.353 e. The molecule has 0 amide bonds. The highest BCUT2D eigenvalue weighted by molar-refractivity contribution is 9.44. The van der Waals surface area contributed by atoms with E-state index in [1.165, 1.54) is 76.7 Å². The Labute approximate surface area is 278 Å². The monoisotopic (exact) mass is 679 g/mol. The zero-order valence-corrected chi connectivity index (χ0v) is 30.6. The predicted molar refractivity (Wildman–Crippen MR) is 199 cm³/mol. The summed E-state index contributed by atoms with van der Waals surface area (Å²) in [5, 5.41) is 4.28. The molecule has 0 heterocycles. The van der Waals surface area contributed by atoms with Crippen LogP contribution >= 0.6 is 21.5 Å². The van der Waals surface area contributed by atoms with Crippen molar-refractivity contribution in [3.05, 3.63) is 101 Å². The van der Waals surface area contributed by atoms with Crippen LogP contribution in [0.25, 0.3) is 0 Å². The summed E-state index contributed by atoms with van der Waals surface area (Å²) >= 11 is 4.45. The van der Waals surface area contributed by atoms with Gasteiger partial charge in [-0.3, -0.25) is 0 Å². The maximum atomic E-state index is 5.99. The molecule has 3 aromatic carbocycles. The molecule has 240 valence electrons. The van der Waals surface area contributed by atoms with Crippen LogP contribution in [0.1, 0.15) is 107 Å². The molecule has 0 radical (unpaired) electrons. The Morgan fingerprint density at radius 2 is 1.18 bits per heavy atom. The SMILES string of the molecule is CCCCOC(CCCCC/C=C/CCCc1cccc([P+](Br)(c2ccccc2C)c2ccccc2C)c1C)OCCCC. The Morgan fingerprint density at radius 1 is 0.636 bits per heavy atom. The molecule has 0 N–H and O–H groups in total. The normalized spacial score (nSPS) is 12.1. The lowest BCUT2D eigenvalue weighted by atomic mass is 10.0. The molecule has 0 spiro atoms. The zero-order valence-electron chi connectivity index (χ0n) is 28.1. The molecule has 0 aliphatic heterocycles. The molecule has 0 saturated heterocycles. The summed E-state index contributed by atoms with van der Waals surface area (Å²) in [6, 6.07) is 24.8. The Hall–Kier alpha value is -1.77. The van der Waals surface area contributed by atoms with Crippen molar-refractivity contribution >= 4 is 37.4 Å². The Bertz CT molecular complexity index is 1210. The van der Waals surface area contributed by atoms with Crippen LogP contribution in [0.2, 0.25) is 0 Å². The van der Waals surface area contributed by atoms with Gasteiger partial charge in [-0.05, 0) is 119 Å². The fraction of sp³-hybridized carbons (Fsp3) is 0.500. The van der Waals surface area contributed by atoms with Crippen molar-refractivity contribution in [2.45, 2.75) is 118 Å². The van der Waals surface area contributed by atoms with Gasteiger partial charge in [-0.2, -0.15) is 0 Å². The van der Waals surface area contributed by atoms with E-state index in [4.69, 9.17) is 9.47 Å². The van der Waals surface area contributed by atoms with Crippen LogP contribution in [-0.2, 0) is 15.9 Å². The van der Waals surface area contributed by atoms with Gasteiger partial charge in [0.25, 0.3) is 0 Å². The van der Waals surface area contributed by atoms with Gasteiger partial charge in [0.15, 0.2) is 27.7 Å². The van der Waals surface area contributed by atoms with Crippen LogP contribution in [0, 0.1) is 20.8 Å². The van der Waals surface area contributed by atoms with Gasteiger partial charge in [-0.15, -0.1) is 0 Å². The van der Waals surface area contributed by atoms with Gasteiger partial charge in [0.2, 0.25) is 0 Å². The number of ether oxygens (including phenoxy) is 2. The number of aryl methyl sites for hydroxylation is 3. The van der Waals surface area contributed by atoms with Crippen molar-refractivity contribution in [3.63, 3.8) is 0 Å². The first kappa shape index (κ1) is 36.7. The van der Waals surface area contributed by atoms with E-state index in [0.29, 0.717) is 0 Å². The van der Waals surface area contributed by atoms with Crippen LogP contribution in [0.15, 0.2) is 78.9 Å². The smallest absolute Gasteiger partial charge is 0.181 e. The van der Waals surface area contributed by atoms with E-state index >= 15 is 0 Å². The molecule has 0 atom stereocenters. The molecule has 4 heteroatoms. The topological polar surface area (TPSA) is 18.5 Å². The van der Waals surface area contributed by atoms with Crippen LogP contribution < -0.4 is 15.9 Å². The first-order valence-corrected chi connectivity index (χ1v) is 20.9. The van der Waals surface area contributed by atoms with Crippen molar-refractivity contribution in [2.75, 3.05) is 13.2 Å². The lowest BCUT2D eigenvalue weighted by Crippen LogP contribution is -2.31. The summed E-state index contributed by atoms with van der Waals surface area (Å²) in [4.78, 5) is 0. The van der Waals surface area contributed by atoms with Crippen molar-refractivity contribution in [2.24, 2.45) is 0 Å². The molecule has 0 aliphatic rings. The van der Waals surface area contributed by atoms with Gasteiger partial charge in [-0.25, -0.2) is 0 Å². The molecule has 0 bridgehead atoms. The van der Waals surface area contributed by atoms with E-state index in [2.05, 4.69) is 129 Å². The van der Waals surface area contributed by atoms with Crippen LogP contribution in [0.4, 0.5) is 0 Å². The third kappa shape index (κ3) is 10.9. The molecule has 44 heavy (non-hydrogen) atoms. The highest BCUT2D eigenvalue weighted by Crippen LogP contribution is 2.64. The van der Waals surface area contributed by atoms with E-state index in [1.807, 2.05) is 0 Å². The first-order valence-electron chi connectivity index (χ1n) is 17.1. The summed E-state index contributed by atoms with van der Waals surface area (Å²) < 4.78 is 12.0. The van der Waals surface area contributed by atoms with E-state index < -0.39 is 5.96 Å². The molecular weight excluding hydrogens is 623 g/mol. The number of hydrogen-bond acceptors (Lipinski definition) is 2. The zero-order chi connectivity index (χ0) is 31.6. The molecular formula is C40H57BrO2P+. The average molecular weight is 681 g/mol. The van der Waals surface area contributed by atoms with Crippen LogP contribution in [-0.4, -0.2) is 19.5 Å². The average Bonchev–Trinajstić information content (AvgIpc) is 3.02. The summed E-state index contributed by atoms with van der Waals surface area (Å²) in [7, 11) is 0. The molecule has 0 fully saturated rings. The fourth-order valence-electron chi connectivity index (χ4n) is 5.81. The van der Waals surface area contributed by atoms with E-state index in [-0.39, 0.29) is 6.29 Å². The summed E-state index contributed by atoms with van der Waals surface area (Å²) in [5.41, 5.74) is 5.59. The highest BCUT2D eigenvalue weighted by Gasteiger charge is 2.47.